The van der Waals surface area contributed by atoms with E-state index in [0.29, 0.717) is 18.2 Å². The van der Waals surface area contributed by atoms with E-state index in [1.165, 1.54) is 44.9 Å². The molecule has 7 nitrogen and oxygen atoms in total. The Morgan fingerprint density at radius 3 is 2.62 bits per heavy atom. The van der Waals surface area contributed by atoms with E-state index in [4.69, 9.17) is 0 Å². The van der Waals surface area contributed by atoms with Crippen molar-refractivity contribution in [3.63, 3.8) is 0 Å². The summed E-state index contributed by atoms with van der Waals surface area (Å²) >= 11 is 0. The van der Waals surface area contributed by atoms with Gasteiger partial charge in [-0.1, -0.05) is 26.2 Å². The van der Waals surface area contributed by atoms with Gasteiger partial charge in [0.2, 0.25) is 5.91 Å². The zero-order valence-corrected chi connectivity index (χ0v) is 20.0. The molecule has 0 bridgehead atoms. The normalized spacial score (nSPS) is 23.3. The molecule has 1 aliphatic carbocycles. The molecule has 178 valence electrons. The van der Waals surface area contributed by atoms with E-state index < -0.39 is 0 Å². The number of anilines is 2. The SMILES string of the molecule is CCCNc1cc(N2CCCC(CCC(=O)N3CCN(C4CCCCC4)CC3)C2)ncn1. The average molecular weight is 443 g/mol. The van der Waals surface area contributed by atoms with Crippen LogP contribution in [-0.2, 0) is 4.79 Å². The minimum atomic E-state index is 0.360. The lowest BCUT2D eigenvalue weighted by Crippen LogP contribution is -2.52. The summed E-state index contributed by atoms with van der Waals surface area (Å²) in [6, 6.07) is 2.84. The number of nitrogens with zero attached hydrogens (tertiary/aromatic N) is 5. The number of piperidine rings is 1. The Hall–Kier alpha value is -1.89. The maximum atomic E-state index is 12.9. The van der Waals surface area contributed by atoms with Crippen molar-refractivity contribution in [2.45, 2.75) is 77.2 Å². The first-order valence-corrected chi connectivity index (χ1v) is 13.1. The number of hydrogen-bond acceptors (Lipinski definition) is 6. The van der Waals surface area contributed by atoms with Gasteiger partial charge < -0.3 is 15.1 Å². The summed E-state index contributed by atoms with van der Waals surface area (Å²) in [6.45, 7) is 9.08. The Balaban J connectivity index is 1.20. The van der Waals surface area contributed by atoms with E-state index in [0.717, 1.165) is 76.3 Å². The highest BCUT2D eigenvalue weighted by Crippen LogP contribution is 2.27. The van der Waals surface area contributed by atoms with Crippen LogP contribution in [0.25, 0.3) is 0 Å². The Bertz CT molecular complexity index is 714. The molecule has 0 aromatic carbocycles. The Kier molecular flexibility index (Phi) is 8.60. The first-order chi connectivity index (χ1) is 15.7. The molecule has 3 aliphatic rings. The minimum absolute atomic E-state index is 0.360. The molecule has 2 aliphatic heterocycles. The van der Waals surface area contributed by atoms with E-state index in [1.54, 1.807) is 6.33 Å². The first-order valence-electron chi connectivity index (χ1n) is 13.1. The van der Waals surface area contributed by atoms with Crippen LogP contribution >= 0.6 is 0 Å². The molecule has 1 unspecified atom stereocenters. The summed E-state index contributed by atoms with van der Waals surface area (Å²) in [4.78, 5) is 28.9. The fourth-order valence-corrected chi connectivity index (χ4v) is 5.65. The van der Waals surface area contributed by atoms with E-state index in [2.05, 4.69) is 43.0 Å². The highest BCUT2D eigenvalue weighted by molar-refractivity contribution is 5.76. The van der Waals surface area contributed by atoms with Gasteiger partial charge in [0.05, 0.1) is 0 Å². The molecule has 0 spiro atoms. The minimum Gasteiger partial charge on any atom is -0.370 e. The molecule has 7 heteroatoms. The third-order valence-electron chi connectivity index (χ3n) is 7.58. The molecule has 2 saturated heterocycles. The Labute approximate surface area is 194 Å². The van der Waals surface area contributed by atoms with Crippen LogP contribution in [0.4, 0.5) is 11.6 Å². The molecular weight excluding hydrogens is 400 g/mol. The number of aromatic nitrogens is 2. The van der Waals surface area contributed by atoms with Gasteiger partial charge in [0, 0.05) is 64.3 Å². The fourth-order valence-electron chi connectivity index (χ4n) is 5.65. The van der Waals surface area contributed by atoms with Gasteiger partial charge in [-0.15, -0.1) is 0 Å². The van der Waals surface area contributed by atoms with Gasteiger partial charge in [-0.05, 0) is 44.4 Å². The van der Waals surface area contributed by atoms with E-state index in [-0.39, 0.29) is 0 Å². The van der Waals surface area contributed by atoms with Crippen LogP contribution in [0.3, 0.4) is 0 Å². The van der Waals surface area contributed by atoms with Crippen LogP contribution in [0.5, 0.6) is 0 Å². The van der Waals surface area contributed by atoms with Crippen LogP contribution in [0.2, 0.25) is 0 Å². The van der Waals surface area contributed by atoms with Crippen molar-refractivity contribution in [2.24, 2.45) is 5.92 Å². The summed E-state index contributed by atoms with van der Waals surface area (Å²) < 4.78 is 0. The zero-order chi connectivity index (χ0) is 22.2. The highest BCUT2D eigenvalue weighted by atomic mass is 16.2. The fraction of sp³-hybridized carbons (Fsp3) is 0.800. The lowest BCUT2D eigenvalue weighted by molar-refractivity contribution is -0.133. The third-order valence-corrected chi connectivity index (χ3v) is 7.58. The summed E-state index contributed by atoms with van der Waals surface area (Å²) in [6.07, 6.45) is 13.7. The summed E-state index contributed by atoms with van der Waals surface area (Å²) in [5, 5.41) is 3.35. The largest absolute Gasteiger partial charge is 0.370 e. The molecule has 1 amide bonds. The predicted molar refractivity (Wildman–Crippen MR) is 130 cm³/mol. The van der Waals surface area contributed by atoms with E-state index >= 15 is 0 Å². The second-order valence-electron chi connectivity index (χ2n) is 9.89. The number of hydrogen-bond donors (Lipinski definition) is 1. The first kappa shape index (κ1) is 23.3. The van der Waals surface area contributed by atoms with Crippen molar-refractivity contribution < 1.29 is 4.79 Å². The predicted octanol–water partition coefficient (Wildman–Crippen LogP) is 3.77. The smallest absolute Gasteiger partial charge is 0.222 e. The Morgan fingerprint density at radius 2 is 1.84 bits per heavy atom. The molecule has 1 aromatic rings. The summed E-state index contributed by atoms with van der Waals surface area (Å²) in [7, 11) is 0. The molecule has 0 radical (unpaired) electrons. The number of rotatable bonds is 8. The number of nitrogens with one attached hydrogen (secondary N) is 1. The van der Waals surface area contributed by atoms with Crippen molar-refractivity contribution in [2.75, 3.05) is 56.0 Å². The molecule has 1 aromatic heterocycles. The van der Waals surface area contributed by atoms with Crippen molar-refractivity contribution in [3.05, 3.63) is 12.4 Å². The quantitative estimate of drug-likeness (QED) is 0.661. The van der Waals surface area contributed by atoms with E-state index in [1.807, 2.05) is 0 Å². The molecule has 1 N–H and O–H groups in total. The van der Waals surface area contributed by atoms with Crippen LogP contribution in [0.15, 0.2) is 12.4 Å². The number of piperazine rings is 1. The van der Waals surface area contributed by atoms with Crippen molar-refractivity contribution in [1.29, 1.82) is 0 Å². The standard InChI is InChI=1S/C25H42N6O/c1-2-12-26-23-18-24(28-20-27-23)31-13-6-7-21(19-31)10-11-25(32)30-16-14-29(15-17-30)22-8-4-3-5-9-22/h18,20-22H,2-17,19H2,1H3,(H,26,27,28). The summed E-state index contributed by atoms with van der Waals surface area (Å²) in [5.74, 6) is 2.84. The van der Waals surface area contributed by atoms with Crippen molar-refractivity contribution in [3.8, 4) is 0 Å². The average Bonchev–Trinajstić information content (AvgIpc) is 2.87. The Morgan fingerprint density at radius 1 is 1.03 bits per heavy atom. The van der Waals surface area contributed by atoms with Gasteiger partial charge >= 0.3 is 0 Å². The van der Waals surface area contributed by atoms with Crippen LogP contribution < -0.4 is 10.2 Å². The molecule has 1 atom stereocenters. The lowest BCUT2D eigenvalue weighted by Gasteiger charge is -2.41. The second-order valence-corrected chi connectivity index (χ2v) is 9.89. The number of amides is 1. The molecule has 4 rings (SSSR count). The van der Waals surface area contributed by atoms with Crippen LogP contribution in [0.1, 0.15) is 71.1 Å². The van der Waals surface area contributed by atoms with Crippen molar-refractivity contribution >= 4 is 17.5 Å². The number of carbonyl (C=O) groups excluding carboxylic acids is 1. The molecule has 3 heterocycles. The van der Waals surface area contributed by atoms with Gasteiger partial charge in [-0.2, -0.15) is 0 Å². The monoisotopic (exact) mass is 442 g/mol. The molecule has 1 saturated carbocycles. The molecule has 32 heavy (non-hydrogen) atoms. The number of carbonyl (C=O) groups is 1. The molecule has 3 fully saturated rings. The van der Waals surface area contributed by atoms with Gasteiger partial charge in [-0.25, -0.2) is 9.97 Å². The van der Waals surface area contributed by atoms with Gasteiger partial charge in [0.15, 0.2) is 0 Å². The van der Waals surface area contributed by atoms with Crippen molar-refractivity contribution in [1.82, 2.24) is 19.8 Å². The van der Waals surface area contributed by atoms with E-state index in [9.17, 15) is 4.79 Å². The lowest BCUT2D eigenvalue weighted by atomic mass is 9.92. The maximum absolute atomic E-state index is 12.9. The molecular formula is C25H42N6O. The second kappa shape index (κ2) is 11.8. The van der Waals surface area contributed by atoms with Crippen LogP contribution in [-0.4, -0.2) is 77.5 Å². The maximum Gasteiger partial charge on any atom is 0.222 e. The summed E-state index contributed by atoms with van der Waals surface area (Å²) in [5.41, 5.74) is 0. The topological polar surface area (TPSA) is 64.6 Å². The van der Waals surface area contributed by atoms with Gasteiger partial charge in [-0.3, -0.25) is 9.69 Å². The highest BCUT2D eigenvalue weighted by Gasteiger charge is 2.28. The van der Waals surface area contributed by atoms with Gasteiger partial charge in [0.1, 0.15) is 18.0 Å². The third kappa shape index (κ3) is 6.33. The zero-order valence-electron chi connectivity index (χ0n) is 20.0. The van der Waals surface area contributed by atoms with Crippen LogP contribution in [0, 0.1) is 5.92 Å². The van der Waals surface area contributed by atoms with Gasteiger partial charge in [0.25, 0.3) is 0 Å².